The van der Waals surface area contributed by atoms with Gasteiger partial charge in [-0.1, -0.05) is 48.5 Å². The molecule has 1 fully saturated rings. The van der Waals surface area contributed by atoms with Gasteiger partial charge in [0.25, 0.3) is 0 Å². The summed E-state index contributed by atoms with van der Waals surface area (Å²) >= 11 is 0. The second kappa shape index (κ2) is 5.55. The molecule has 5 nitrogen and oxygen atoms in total. The number of Topliss-reactive ketones (excluding diaryl/α,β-unsaturated/α-hetero) is 1. The van der Waals surface area contributed by atoms with Crippen molar-refractivity contribution in [3.8, 4) is 5.75 Å². The SMILES string of the molecule is CCOC(=O)C12C(=O)Oc3ccccc3C1C2C(=O)c1ccccc1. The maximum absolute atomic E-state index is 13.0. The molecule has 2 aliphatic rings. The summed E-state index contributed by atoms with van der Waals surface area (Å²) in [7, 11) is 0. The molecule has 3 unspecified atom stereocenters. The topological polar surface area (TPSA) is 69.7 Å². The molecule has 0 bridgehead atoms. The number of para-hydroxylation sites is 1. The van der Waals surface area contributed by atoms with Gasteiger partial charge < -0.3 is 9.47 Å². The van der Waals surface area contributed by atoms with E-state index in [2.05, 4.69) is 0 Å². The molecule has 1 heterocycles. The number of ether oxygens (including phenoxy) is 2. The van der Waals surface area contributed by atoms with Gasteiger partial charge in [0.05, 0.1) is 12.5 Å². The molecule has 0 saturated heterocycles. The van der Waals surface area contributed by atoms with Crippen molar-refractivity contribution < 1.29 is 23.9 Å². The van der Waals surface area contributed by atoms with Gasteiger partial charge in [-0.05, 0) is 13.0 Å². The Labute approximate surface area is 144 Å². The van der Waals surface area contributed by atoms with E-state index in [1.807, 2.05) is 0 Å². The summed E-state index contributed by atoms with van der Waals surface area (Å²) in [6, 6.07) is 15.7. The van der Waals surface area contributed by atoms with Crippen molar-refractivity contribution in [3.05, 3.63) is 65.7 Å². The zero-order valence-corrected chi connectivity index (χ0v) is 13.6. The van der Waals surface area contributed by atoms with Gasteiger partial charge in [0.15, 0.2) is 11.2 Å². The molecule has 0 spiro atoms. The average Bonchev–Trinajstić information content (AvgIpc) is 3.35. The Hall–Kier alpha value is -2.95. The van der Waals surface area contributed by atoms with Crippen LogP contribution in [-0.4, -0.2) is 24.3 Å². The monoisotopic (exact) mass is 336 g/mol. The Morgan fingerprint density at radius 2 is 1.76 bits per heavy atom. The number of benzene rings is 2. The Morgan fingerprint density at radius 1 is 1.08 bits per heavy atom. The van der Waals surface area contributed by atoms with E-state index in [-0.39, 0.29) is 12.4 Å². The zero-order chi connectivity index (χ0) is 17.6. The highest BCUT2D eigenvalue weighted by Gasteiger charge is 2.81. The maximum atomic E-state index is 13.0. The van der Waals surface area contributed by atoms with Crippen LogP contribution in [0.15, 0.2) is 54.6 Å². The van der Waals surface area contributed by atoms with E-state index in [9.17, 15) is 14.4 Å². The lowest BCUT2D eigenvalue weighted by atomic mass is 9.95. The largest absolute Gasteiger partial charge is 0.465 e. The Bertz CT molecular complexity index is 873. The Balaban J connectivity index is 1.83. The molecule has 0 radical (unpaired) electrons. The molecule has 126 valence electrons. The van der Waals surface area contributed by atoms with Crippen LogP contribution >= 0.6 is 0 Å². The second-order valence-corrected chi connectivity index (χ2v) is 6.20. The lowest BCUT2D eigenvalue weighted by Crippen LogP contribution is -2.37. The summed E-state index contributed by atoms with van der Waals surface area (Å²) in [5, 5.41) is 0. The van der Waals surface area contributed by atoms with E-state index < -0.39 is 29.2 Å². The smallest absolute Gasteiger partial charge is 0.330 e. The summed E-state index contributed by atoms with van der Waals surface area (Å²) in [5.74, 6) is -2.58. The Morgan fingerprint density at radius 3 is 2.48 bits per heavy atom. The summed E-state index contributed by atoms with van der Waals surface area (Å²) in [6.07, 6.45) is 0. The molecule has 0 aromatic heterocycles. The van der Waals surface area contributed by atoms with Crippen LogP contribution in [0.4, 0.5) is 0 Å². The van der Waals surface area contributed by atoms with Gasteiger partial charge in [-0.25, -0.2) is 0 Å². The minimum Gasteiger partial charge on any atom is -0.465 e. The highest BCUT2D eigenvalue weighted by Crippen LogP contribution is 2.70. The van der Waals surface area contributed by atoms with Crippen molar-refractivity contribution in [2.75, 3.05) is 6.61 Å². The van der Waals surface area contributed by atoms with E-state index in [4.69, 9.17) is 9.47 Å². The van der Waals surface area contributed by atoms with Crippen LogP contribution in [0.1, 0.15) is 28.8 Å². The number of hydrogen-bond donors (Lipinski definition) is 0. The quantitative estimate of drug-likeness (QED) is 0.372. The predicted octanol–water partition coefficient (Wildman–Crippen LogP) is 2.75. The summed E-state index contributed by atoms with van der Waals surface area (Å²) in [4.78, 5) is 38.4. The Kier molecular flexibility index (Phi) is 3.46. The number of fused-ring (bicyclic) bond motifs is 3. The van der Waals surface area contributed by atoms with Crippen molar-refractivity contribution in [2.45, 2.75) is 12.8 Å². The molecular weight excluding hydrogens is 320 g/mol. The first-order chi connectivity index (χ1) is 12.1. The van der Waals surface area contributed by atoms with Gasteiger partial charge in [0, 0.05) is 17.0 Å². The van der Waals surface area contributed by atoms with Gasteiger partial charge >= 0.3 is 11.9 Å². The fraction of sp³-hybridized carbons (Fsp3) is 0.250. The molecule has 1 saturated carbocycles. The van der Waals surface area contributed by atoms with Crippen LogP contribution in [0.5, 0.6) is 5.75 Å². The van der Waals surface area contributed by atoms with Gasteiger partial charge in [0.1, 0.15) is 5.75 Å². The van der Waals surface area contributed by atoms with Crippen LogP contribution in [0.2, 0.25) is 0 Å². The highest BCUT2D eigenvalue weighted by molar-refractivity contribution is 6.17. The third-order valence-electron chi connectivity index (χ3n) is 4.95. The fourth-order valence-corrected chi connectivity index (χ4v) is 3.81. The van der Waals surface area contributed by atoms with Crippen LogP contribution < -0.4 is 4.74 Å². The first kappa shape index (κ1) is 15.6. The standard InChI is InChI=1S/C20H16O5/c1-2-24-18(22)20-15(13-10-6-7-11-14(13)25-19(20)23)16(20)17(21)12-8-4-3-5-9-12/h3-11,15-16H,2H2,1H3. The number of carbonyl (C=O) groups excluding carboxylic acids is 3. The summed E-state index contributed by atoms with van der Waals surface area (Å²) in [5.41, 5.74) is -0.405. The van der Waals surface area contributed by atoms with Crippen molar-refractivity contribution in [1.29, 1.82) is 0 Å². The van der Waals surface area contributed by atoms with Crippen molar-refractivity contribution in [2.24, 2.45) is 11.3 Å². The number of hydrogen-bond acceptors (Lipinski definition) is 5. The molecule has 1 aliphatic heterocycles. The van der Waals surface area contributed by atoms with Gasteiger partial charge in [-0.15, -0.1) is 0 Å². The van der Waals surface area contributed by atoms with Crippen molar-refractivity contribution >= 4 is 17.7 Å². The molecule has 25 heavy (non-hydrogen) atoms. The normalized spacial score (nSPS) is 26.0. The van der Waals surface area contributed by atoms with Gasteiger partial charge in [0.2, 0.25) is 0 Å². The van der Waals surface area contributed by atoms with Crippen LogP contribution in [0.25, 0.3) is 0 Å². The zero-order valence-electron chi connectivity index (χ0n) is 13.6. The number of esters is 2. The van der Waals surface area contributed by atoms with Crippen molar-refractivity contribution in [3.63, 3.8) is 0 Å². The van der Waals surface area contributed by atoms with E-state index in [1.54, 1.807) is 61.5 Å². The molecule has 0 amide bonds. The average molecular weight is 336 g/mol. The number of rotatable bonds is 4. The summed E-state index contributed by atoms with van der Waals surface area (Å²) < 4.78 is 10.5. The van der Waals surface area contributed by atoms with Gasteiger partial charge in [-0.2, -0.15) is 0 Å². The fourth-order valence-electron chi connectivity index (χ4n) is 3.81. The molecule has 5 heteroatoms. The van der Waals surface area contributed by atoms with E-state index >= 15 is 0 Å². The molecule has 4 rings (SSSR count). The second-order valence-electron chi connectivity index (χ2n) is 6.20. The molecule has 1 aliphatic carbocycles. The minimum absolute atomic E-state index is 0.133. The number of carbonyl (C=O) groups is 3. The summed E-state index contributed by atoms with van der Waals surface area (Å²) in [6.45, 7) is 1.80. The predicted molar refractivity (Wildman–Crippen MR) is 88.1 cm³/mol. The highest BCUT2D eigenvalue weighted by atomic mass is 16.6. The molecular formula is C20H16O5. The van der Waals surface area contributed by atoms with Crippen LogP contribution in [0.3, 0.4) is 0 Å². The van der Waals surface area contributed by atoms with E-state index in [1.165, 1.54) is 0 Å². The molecule has 3 atom stereocenters. The first-order valence-corrected chi connectivity index (χ1v) is 8.20. The third-order valence-corrected chi connectivity index (χ3v) is 4.95. The van der Waals surface area contributed by atoms with E-state index in [0.717, 1.165) is 0 Å². The lowest BCUT2D eigenvalue weighted by molar-refractivity contribution is -0.161. The molecule has 0 N–H and O–H groups in total. The lowest BCUT2D eigenvalue weighted by Gasteiger charge is -2.21. The van der Waals surface area contributed by atoms with E-state index in [0.29, 0.717) is 16.9 Å². The molecule has 2 aromatic carbocycles. The third kappa shape index (κ3) is 2.05. The van der Waals surface area contributed by atoms with Crippen LogP contribution in [-0.2, 0) is 14.3 Å². The first-order valence-electron chi connectivity index (χ1n) is 8.20. The van der Waals surface area contributed by atoms with Gasteiger partial charge in [-0.3, -0.25) is 14.4 Å². The minimum atomic E-state index is -1.57. The van der Waals surface area contributed by atoms with Crippen molar-refractivity contribution in [1.82, 2.24) is 0 Å². The molecule has 2 aromatic rings. The number of ketones is 1. The van der Waals surface area contributed by atoms with Crippen LogP contribution in [0, 0.1) is 11.3 Å². The maximum Gasteiger partial charge on any atom is 0.330 e.